The predicted molar refractivity (Wildman–Crippen MR) is 148 cm³/mol. The van der Waals surface area contributed by atoms with E-state index in [0.717, 1.165) is 0 Å². The Labute approximate surface area is 232 Å². The first-order chi connectivity index (χ1) is 18.4. The number of nitrogens with two attached hydrogens (primary N) is 2. The minimum Gasteiger partial charge on any atom is -0.463 e. The lowest BCUT2D eigenvalue weighted by atomic mass is 10.0. The SMILES string of the molecule is Nc1nc(-c2ccco2)c(-c2cc(C(=O)c3cnc(Cl)c(-c4sc(N)nc4-c4ccco4)c3)cnc2Cl)s1. The second-order valence-electron chi connectivity index (χ2n) is 7.87. The number of nitrogen functional groups attached to an aromatic ring is 2. The van der Waals surface area contributed by atoms with E-state index in [1.165, 1.54) is 47.6 Å². The molecule has 6 rings (SSSR count). The highest BCUT2D eigenvalue weighted by atomic mass is 35.5. The fraction of sp³-hybridized carbons (Fsp3) is 0. The quantitative estimate of drug-likeness (QED) is 0.158. The number of furan rings is 2. The zero-order valence-corrected chi connectivity index (χ0v) is 22.2. The number of aromatic nitrogens is 4. The van der Waals surface area contributed by atoms with Gasteiger partial charge in [-0.25, -0.2) is 19.9 Å². The molecule has 6 heterocycles. The van der Waals surface area contributed by atoms with Crippen LogP contribution in [-0.4, -0.2) is 25.7 Å². The first-order valence-corrected chi connectivity index (χ1v) is 13.2. The standard InChI is InChI=1S/C25H14Cl2N6O3S2/c26-22-13(20-17(32-24(28)37-20)15-3-1-5-35-15)7-11(9-30-22)19(34)12-8-14(23(27)31-10-12)21-18(33-25(29)38-21)16-4-2-6-36-16/h1-10H,(H2,28,32)(H2,29,33). The van der Waals surface area contributed by atoms with Gasteiger partial charge in [0.1, 0.15) is 21.7 Å². The maximum Gasteiger partial charge on any atom is 0.196 e. The lowest BCUT2D eigenvalue weighted by Gasteiger charge is -2.08. The Kier molecular flexibility index (Phi) is 6.20. The van der Waals surface area contributed by atoms with E-state index in [1.807, 2.05) is 0 Å². The number of rotatable bonds is 6. The summed E-state index contributed by atoms with van der Waals surface area (Å²) < 4.78 is 11.0. The van der Waals surface area contributed by atoms with Crippen LogP contribution in [0.2, 0.25) is 10.3 Å². The molecule has 4 N–H and O–H groups in total. The fourth-order valence-corrected chi connectivity index (χ4v) is 6.05. The summed E-state index contributed by atoms with van der Waals surface area (Å²) in [6.45, 7) is 0. The lowest BCUT2D eigenvalue weighted by molar-refractivity contribution is 0.103. The highest BCUT2D eigenvalue weighted by Gasteiger charge is 2.23. The monoisotopic (exact) mass is 580 g/mol. The normalized spacial score (nSPS) is 11.2. The van der Waals surface area contributed by atoms with Crippen molar-refractivity contribution in [3.8, 4) is 43.8 Å². The van der Waals surface area contributed by atoms with Crippen LogP contribution in [0.3, 0.4) is 0 Å². The fourth-order valence-electron chi connectivity index (χ4n) is 3.83. The van der Waals surface area contributed by atoms with Crippen molar-refractivity contribution in [2.75, 3.05) is 11.5 Å². The van der Waals surface area contributed by atoms with E-state index < -0.39 is 0 Å². The van der Waals surface area contributed by atoms with Crippen molar-refractivity contribution < 1.29 is 13.6 Å². The van der Waals surface area contributed by atoms with Gasteiger partial charge in [0, 0.05) is 34.6 Å². The number of halogens is 2. The number of hydrogen-bond acceptors (Lipinski definition) is 11. The molecule has 0 saturated carbocycles. The molecule has 0 amide bonds. The molecule has 0 atom stereocenters. The molecule has 0 spiro atoms. The Bertz CT molecular complexity index is 1670. The van der Waals surface area contributed by atoms with Crippen LogP contribution >= 0.6 is 45.9 Å². The Morgan fingerprint density at radius 1 is 0.763 bits per heavy atom. The third kappa shape index (κ3) is 4.35. The lowest BCUT2D eigenvalue weighted by Crippen LogP contribution is -2.04. The van der Waals surface area contributed by atoms with Crippen LogP contribution in [-0.2, 0) is 0 Å². The van der Waals surface area contributed by atoms with Gasteiger partial charge in [0.25, 0.3) is 0 Å². The molecule has 0 aliphatic rings. The van der Waals surface area contributed by atoms with Crippen LogP contribution in [0.15, 0.2) is 70.2 Å². The Morgan fingerprint density at radius 2 is 1.21 bits per heavy atom. The van der Waals surface area contributed by atoms with E-state index in [0.29, 0.717) is 54.1 Å². The minimum absolute atomic E-state index is 0.191. The summed E-state index contributed by atoms with van der Waals surface area (Å²) in [6.07, 6.45) is 5.87. The maximum atomic E-state index is 13.6. The highest BCUT2D eigenvalue weighted by Crippen LogP contribution is 2.42. The molecule has 0 aliphatic heterocycles. The summed E-state index contributed by atoms with van der Waals surface area (Å²) in [6, 6.07) is 10.3. The smallest absolute Gasteiger partial charge is 0.196 e. The number of pyridine rings is 2. The summed E-state index contributed by atoms with van der Waals surface area (Å²) in [5.74, 6) is 0.696. The zero-order valence-electron chi connectivity index (χ0n) is 19.0. The second kappa shape index (κ2) is 9.69. The number of hydrogen-bond donors (Lipinski definition) is 2. The van der Waals surface area contributed by atoms with Crippen LogP contribution in [0.4, 0.5) is 10.3 Å². The van der Waals surface area contributed by atoms with E-state index >= 15 is 0 Å². The first-order valence-electron chi connectivity index (χ1n) is 10.9. The molecule has 0 aromatic carbocycles. The number of nitrogens with zero attached hydrogens (tertiary/aromatic N) is 4. The van der Waals surface area contributed by atoms with Crippen molar-refractivity contribution in [1.82, 2.24) is 19.9 Å². The zero-order chi connectivity index (χ0) is 26.4. The van der Waals surface area contributed by atoms with Crippen LogP contribution < -0.4 is 11.5 Å². The molecule has 6 aromatic rings. The van der Waals surface area contributed by atoms with Crippen molar-refractivity contribution in [3.05, 3.63) is 82.8 Å². The molecule has 0 aliphatic carbocycles. The van der Waals surface area contributed by atoms with Crippen molar-refractivity contribution in [2.24, 2.45) is 0 Å². The summed E-state index contributed by atoms with van der Waals surface area (Å²) >= 11 is 15.3. The van der Waals surface area contributed by atoms with E-state index in [1.54, 1.807) is 36.4 Å². The predicted octanol–water partition coefficient (Wildman–Crippen LogP) is 6.95. The van der Waals surface area contributed by atoms with E-state index in [4.69, 9.17) is 43.5 Å². The van der Waals surface area contributed by atoms with E-state index in [-0.39, 0.29) is 27.2 Å². The van der Waals surface area contributed by atoms with Gasteiger partial charge in [-0.15, -0.1) is 0 Å². The molecule has 0 bridgehead atoms. The summed E-state index contributed by atoms with van der Waals surface area (Å²) in [5, 5.41) is 1.02. The van der Waals surface area contributed by atoms with Gasteiger partial charge in [-0.3, -0.25) is 4.79 Å². The van der Waals surface area contributed by atoms with Crippen molar-refractivity contribution >= 4 is 61.9 Å². The Hall–Kier alpha value is -4.03. The molecular formula is C25H14Cl2N6O3S2. The maximum absolute atomic E-state index is 13.6. The summed E-state index contributed by atoms with van der Waals surface area (Å²) in [4.78, 5) is 32.1. The molecule has 6 aromatic heterocycles. The molecule has 9 nitrogen and oxygen atoms in total. The molecule has 188 valence electrons. The van der Waals surface area contributed by atoms with Crippen LogP contribution in [0.1, 0.15) is 15.9 Å². The third-order valence-electron chi connectivity index (χ3n) is 5.49. The molecule has 0 fully saturated rings. The minimum atomic E-state index is -0.338. The Morgan fingerprint density at radius 3 is 1.61 bits per heavy atom. The number of carbonyl (C=O) groups is 1. The molecule has 13 heteroatoms. The van der Waals surface area contributed by atoms with Gasteiger partial charge in [0.05, 0.1) is 22.3 Å². The van der Waals surface area contributed by atoms with Gasteiger partial charge in [0.15, 0.2) is 27.6 Å². The number of carbonyl (C=O) groups excluding carboxylic acids is 1. The van der Waals surface area contributed by atoms with Gasteiger partial charge in [-0.1, -0.05) is 45.9 Å². The molecule has 0 radical (unpaired) electrons. The second-order valence-corrected chi connectivity index (χ2v) is 10.6. The highest BCUT2D eigenvalue weighted by molar-refractivity contribution is 7.19. The topological polar surface area (TPSA) is 147 Å². The van der Waals surface area contributed by atoms with Crippen LogP contribution in [0.5, 0.6) is 0 Å². The van der Waals surface area contributed by atoms with Crippen molar-refractivity contribution in [1.29, 1.82) is 0 Å². The largest absolute Gasteiger partial charge is 0.463 e. The number of ketones is 1. The summed E-state index contributed by atoms with van der Waals surface area (Å²) in [7, 11) is 0. The van der Waals surface area contributed by atoms with Gasteiger partial charge < -0.3 is 20.3 Å². The van der Waals surface area contributed by atoms with Gasteiger partial charge in [-0.05, 0) is 36.4 Å². The molecule has 0 unspecified atom stereocenters. The van der Waals surface area contributed by atoms with Gasteiger partial charge in [-0.2, -0.15) is 0 Å². The average molecular weight is 581 g/mol. The molecular weight excluding hydrogens is 567 g/mol. The van der Waals surface area contributed by atoms with Crippen molar-refractivity contribution in [2.45, 2.75) is 0 Å². The number of anilines is 2. The summed E-state index contributed by atoms with van der Waals surface area (Å²) in [5.41, 5.74) is 14.6. The van der Waals surface area contributed by atoms with Crippen LogP contribution in [0.25, 0.3) is 43.8 Å². The van der Waals surface area contributed by atoms with Gasteiger partial charge in [0.2, 0.25) is 0 Å². The van der Waals surface area contributed by atoms with Crippen LogP contribution in [0, 0.1) is 0 Å². The molecule has 0 saturated heterocycles. The van der Waals surface area contributed by atoms with E-state index in [2.05, 4.69) is 19.9 Å². The Balaban J connectivity index is 1.42. The van der Waals surface area contributed by atoms with Gasteiger partial charge >= 0.3 is 0 Å². The third-order valence-corrected chi connectivity index (χ3v) is 7.93. The first kappa shape index (κ1) is 24.3. The average Bonchev–Trinajstić information content (AvgIpc) is 3.71. The number of thiazole rings is 2. The molecule has 38 heavy (non-hydrogen) atoms. The van der Waals surface area contributed by atoms with Crippen molar-refractivity contribution in [3.63, 3.8) is 0 Å². The van der Waals surface area contributed by atoms with E-state index in [9.17, 15) is 4.79 Å².